The highest BCUT2D eigenvalue weighted by molar-refractivity contribution is 6.29. The molecule has 130 valence electrons. The molecule has 0 radical (unpaired) electrons. The maximum atomic E-state index is 12.8. The van der Waals surface area contributed by atoms with Crippen LogP contribution in [0, 0.1) is 0 Å². The van der Waals surface area contributed by atoms with Crippen LogP contribution in [-0.4, -0.2) is 43.8 Å². The van der Waals surface area contributed by atoms with Crippen molar-refractivity contribution in [1.29, 1.82) is 0 Å². The average Bonchev–Trinajstić information content (AvgIpc) is 2.91. The van der Waals surface area contributed by atoms with Gasteiger partial charge in [-0.1, -0.05) is 17.7 Å². The van der Waals surface area contributed by atoms with Crippen molar-refractivity contribution in [3.63, 3.8) is 0 Å². The molecular formula is C19H16ClN5O. The van der Waals surface area contributed by atoms with Crippen LogP contribution in [0.4, 0.5) is 0 Å². The van der Waals surface area contributed by atoms with Crippen LogP contribution in [0.5, 0.6) is 0 Å². The third-order valence-corrected chi connectivity index (χ3v) is 4.67. The second kappa shape index (κ2) is 7.17. The Bertz CT molecular complexity index is 948. The van der Waals surface area contributed by atoms with Gasteiger partial charge in [-0.25, -0.2) is 15.0 Å². The van der Waals surface area contributed by atoms with Gasteiger partial charge >= 0.3 is 0 Å². The van der Waals surface area contributed by atoms with Gasteiger partial charge in [-0.3, -0.25) is 9.78 Å². The lowest BCUT2D eigenvalue weighted by atomic mass is 10.0. The van der Waals surface area contributed by atoms with E-state index in [0.29, 0.717) is 36.8 Å². The highest BCUT2D eigenvalue weighted by Crippen LogP contribution is 2.25. The molecule has 1 aliphatic heterocycles. The molecule has 26 heavy (non-hydrogen) atoms. The predicted molar refractivity (Wildman–Crippen MR) is 97.8 cm³/mol. The van der Waals surface area contributed by atoms with E-state index in [4.69, 9.17) is 11.6 Å². The van der Waals surface area contributed by atoms with Crippen molar-refractivity contribution in [2.75, 3.05) is 13.1 Å². The lowest BCUT2D eigenvalue weighted by Crippen LogP contribution is -2.33. The van der Waals surface area contributed by atoms with Gasteiger partial charge in [0.05, 0.1) is 5.69 Å². The van der Waals surface area contributed by atoms with Crippen molar-refractivity contribution in [2.45, 2.75) is 12.8 Å². The van der Waals surface area contributed by atoms with E-state index >= 15 is 0 Å². The van der Waals surface area contributed by atoms with Crippen molar-refractivity contribution >= 4 is 17.5 Å². The number of pyridine rings is 2. The van der Waals surface area contributed by atoms with Crippen LogP contribution in [0.3, 0.4) is 0 Å². The van der Waals surface area contributed by atoms with Gasteiger partial charge in [-0.2, -0.15) is 0 Å². The maximum Gasteiger partial charge on any atom is 0.272 e. The number of hydrogen-bond donors (Lipinski definition) is 0. The molecule has 0 saturated carbocycles. The standard InChI is InChI=1S/C19H16ClN5O/c20-17-3-1-2-16(24-17)19(26)25-10-6-14-15(7-11-25)22-12-23-18(14)13-4-8-21-9-5-13/h1-5,8-9,12H,6-7,10-11H2. The Kier molecular flexibility index (Phi) is 4.58. The molecule has 6 nitrogen and oxygen atoms in total. The number of carbonyl (C=O) groups excluding carboxylic acids is 1. The molecule has 3 aromatic rings. The third-order valence-electron chi connectivity index (χ3n) is 4.46. The molecule has 0 atom stereocenters. The Labute approximate surface area is 155 Å². The summed E-state index contributed by atoms with van der Waals surface area (Å²) in [7, 11) is 0. The number of fused-ring (bicyclic) bond motifs is 1. The van der Waals surface area contributed by atoms with Crippen LogP contribution in [0.15, 0.2) is 49.1 Å². The summed E-state index contributed by atoms with van der Waals surface area (Å²) in [4.78, 5) is 31.7. The van der Waals surface area contributed by atoms with Crippen LogP contribution in [-0.2, 0) is 12.8 Å². The fourth-order valence-electron chi connectivity index (χ4n) is 3.18. The monoisotopic (exact) mass is 365 g/mol. The fraction of sp³-hybridized carbons (Fsp3) is 0.211. The zero-order chi connectivity index (χ0) is 17.9. The Morgan fingerprint density at radius 2 is 1.85 bits per heavy atom. The number of rotatable bonds is 2. The highest BCUT2D eigenvalue weighted by atomic mass is 35.5. The van der Waals surface area contributed by atoms with E-state index in [1.165, 1.54) is 0 Å². The van der Waals surface area contributed by atoms with Crippen LogP contribution in [0.2, 0.25) is 5.15 Å². The quantitative estimate of drug-likeness (QED) is 0.653. The lowest BCUT2D eigenvalue weighted by molar-refractivity contribution is 0.0757. The Morgan fingerprint density at radius 1 is 1.04 bits per heavy atom. The first kappa shape index (κ1) is 16.6. The highest BCUT2D eigenvalue weighted by Gasteiger charge is 2.23. The van der Waals surface area contributed by atoms with E-state index in [2.05, 4.69) is 19.9 Å². The first-order valence-corrected chi connectivity index (χ1v) is 8.75. The van der Waals surface area contributed by atoms with Gasteiger partial charge in [-0.15, -0.1) is 0 Å². The summed E-state index contributed by atoms with van der Waals surface area (Å²) in [6.07, 6.45) is 6.47. The minimum Gasteiger partial charge on any atom is -0.337 e. The summed E-state index contributed by atoms with van der Waals surface area (Å²) in [5, 5.41) is 0.319. The third kappa shape index (κ3) is 3.28. The van der Waals surface area contributed by atoms with E-state index in [0.717, 1.165) is 22.5 Å². The van der Waals surface area contributed by atoms with Crippen molar-refractivity contribution in [3.05, 3.63) is 71.2 Å². The molecule has 0 bridgehead atoms. The van der Waals surface area contributed by atoms with Gasteiger partial charge in [-0.05, 0) is 30.7 Å². The molecular weight excluding hydrogens is 350 g/mol. The molecule has 4 rings (SSSR count). The first-order chi connectivity index (χ1) is 12.7. The van der Waals surface area contributed by atoms with Crippen molar-refractivity contribution < 1.29 is 4.79 Å². The Morgan fingerprint density at radius 3 is 2.65 bits per heavy atom. The molecule has 0 spiro atoms. The molecule has 4 heterocycles. The molecule has 0 saturated heterocycles. The van der Waals surface area contributed by atoms with Gasteiger partial charge in [0.15, 0.2) is 0 Å². The molecule has 7 heteroatoms. The number of amides is 1. The van der Waals surface area contributed by atoms with Crippen LogP contribution in [0.1, 0.15) is 21.7 Å². The van der Waals surface area contributed by atoms with Crippen molar-refractivity contribution in [1.82, 2.24) is 24.8 Å². The summed E-state index contributed by atoms with van der Waals surface area (Å²) in [5.74, 6) is -0.112. The topological polar surface area (TPSA) is 71.9 Å². The van der Waals surface area contributed by atoms with Crippen LogP contribution < -0.4 is 0 Å². The smallest absolute Gasteiger partial charge is 0.272 e. The van der Waals surface area contributed by atoms with Gasteiger partial charge in [0.2, 0.25) is 0 Å². The number of carbonyl (C=O) groups is 1. The fourth-order valence-corrected chi connectivity index (χ4v) is 3.34. The van der Waals surface area contributed by atoms with Gasteiger partial charge in [0.25, 0.3) is 5.91 Å². The minimum absolute atomic E-state index is 0.112. The minimum atomic E-state index is -0.112. The predicted octanol–water partition coefficient (Wildman–Crippen LogP) is 2.83. The summed E-state index contributed by atoms with van der Waals surface area (Å²) in [6.45, 7) is 1.18. The zero-order valence-corrected chi connectivity index (χ0v) is 14.7. The van der Waals surface area contributed by atoms with E-state index < -0.39 is 0 Å². The van der Waals surface area contributed by atoms with Crippen molar-refractivity contribution in [3.8, 4) is 11.3 Å². The largest absolute Gasteiger partial charge is 0.337 e. The van der Waals surface area contributed by atoms with Gasteiger partial charge < -0.3 is 4.90 Å². The Hall–Kier alpha value is -2.86. The normalized spacial score (nSPS) is 13.8. The van der Waals surface area contributed by atoms with Crippen LogP contribution >= 0.6 is 11.6 Å². The second-order valence-electron chi connectivity index (χ2n) is 6.02. The summed E-state index contributed by atoms with van der Waals surface area (Å²) >= 11 is 5.92. The zero-order valence-electron chi connectivity index (χ0n) is 14.0. The van der Waals surface area contributed by atoms with Gasteiger partial charge in [0, 0.05) is 48.7 Å². The molecule has 1 aliphatic rings. The first-order valence-electron chi connectivity index (χ1n) is 8.37. The van der Waals surface area contributed by atoms with E-state index in [-0.39, 0.29) is 5.91 Å². The molecule has 0 aliphatic carbocycles. The number of aromatic nitrogens is 4. The van der Waals surface area contributed by atoms with E-state index in [9.17, 15) is 4.79 Å². The van der Waals surface area contributed by atoms with Crippen LogP contribution in [0.25, 0.3) is 11.3 Å². The molecule has 0 unspecified atom stereocenters. The summed E-state index contributed by atoms with van der Waals surface area (Å²) in [6, 6.07) is 8.96. The number of halogens is 1. The number of nitrogens with zero attached hydrogens (tertiary/aromatic N) is 5. The molecule has 1 amide bonds. The molecule has 0 aromatic carbocycles. The van der Waals surface area contributed by atoms with E-state index in [1.807, 2.05) is 12.1 Å². The second-order valence-corrected chi connectivity index (χ2v) is 6.41. The number of hydrogen-bond acceptors (Lipinski definition) is 5. The summed E-state index contributed by atoms with van der Waals surface area (Å²) < 4.78 is 0. The molecule has 3 aromatic heterocycles. The molecule has 0 fully saturated rings. The summed E-state index contributed by atoms with van der Waals surface area (Å²) in [5.41, 5.74) is 4.36. The molecule has 0 N–H and O–H groups in total. The Balaban J connectivity index is 1.61. The lowest BCUT2D eigenvalue weighted by Gasteiger charge is -2.19. The average molecular weight is 366 g/mol. The maximum absolute atomic E-state index is 12.8. The SMILES string of the molecule is O=C(c1cccc(Cl)n1)N1CCc2ncnc(-c3ccncc3)c2CC1. The van der Waals surface area contributed by atoms with Crippen molar-refractivity contribution in [2.24, 2.45) is 0 Å². The van der Waals surface area contributed by atoms with E-state index in [1.54, 1.807) is 41.8 Å². The van der Waals surface area contributed by atoms with Gasteiger partial charge in [0.1, 0.15) is 17.2 Å².